The Morgan fingerprint density at radius 3 is 2.73 bits per heavy atom. The van der Waals surface area contributed by atoms with E-state index in [4.69, 9.17) is 35.8 Å². The first-order chi connectivity index (χ1) is 18.5. The summed E-state index contributed by atoms with van der Waals surface area (Å²) in [5.74, 6) is 0.664. The Kier molecular flexibility index (Phi) is 9.49. The second-order valence-corrected chi connectivity index (χ2v) is 22.5. The maximum absolute atomic E-state index is 16.3. The molecule has 1 saturated heterocycles. The molecule has 14 heteroatoms. The molecule has 1 aliphatic carbocycles. The number of fused-ring (bicyclic) bond motifs is 1. The van der Waals surface area contributed by atoms with Crippen LogP contribution in [0.4, 0.5) is 10.2 Å². The van der Waals surface area contributed by atoms with Gasteiger partial charge in [0, 0.05) is 10.2 Å². The van der Waals surface area contributed by atoms with E-state index in [1.54, 1.807) is 4.57 Å². The molecule has 1 aliphatic heterocycles. The van der Waals surface area contributed by atoms with Gasteiger partial charge >= 0.3 is 0 Å². The van der Waals surface area contributed by atoms with Gasteiger partial charge in [-0.3, -0.25) is 4.57 Å². The Balaban J connectivity index is 1.52. The molecule has 0 radical (unpaired) electrons. The summed E-state index contributed by atoms with van der Waals surface area (Å²) in [7, 11) is -3.40. The number of halogens is 1. The number of nitrogens with two attached hydrogens (primary N) is 1. The Bertz CT molecular complexity index is 1260. The number of nitrogens with zero attached hydrogens (tertiary/aromatic N) is 4. The van der Waals surface area contributed by atoms with Crippen LogP contribution in [0.15, 0.2) is 24.8 Å². The highest BCUT2D eigenvalue weighted by atomic mass is 32.4. The van der Waals surface area contributed by atoms with Crippen molar-refractivity contribution in [3.05, 3.63) is 24.8 Å². The predicted molar refractivity (Wildman–Crippen MR) is 168 cm³/mol. The topological polar surface area (TPSA) is 107 Å². The zero-order valence-corrected chi connectivity index (χ0v) is 29.8. The van der Waals surface area contributed by atoms with Gasteiger partial charge in [0.15, 0.2) is 39.3 Å². The molecule has 0 aromatic carbocycles. The van der Waals surface area contributed by atoms with Gasteiger partial charge in [0.1, 0.15) is 24.1 Å². The van der Waals surface area contributed by atoms with E-state index in [-0.39, 0.29) is 28.6 Å². The van der Waals surface area contributed by atoms with Crippen LogP contribution in [-0.2, 0) is 30.0 Å². The Hall–Kier alpha value is -1.06. The summed E-state index contributed by atoms with van der Waals surface area (Å²) in [6.45, 7) is 19.2. The summed E-state index contributed by atoms with van der Waals surface area (Å²) in [6.07, 6.45) is 1.96. The molecule has 2 N–H and O–H groups in total. The van der Waals surface area contributed by atoms with Crippen molar-refractivity contribution in [1.82, 2.24) is 19.5 Å². The molecule has 0 spiro atoms. The molecule has 3 heterocycles. The second-order valence-electron chi connectivity index (χ2n) is 13.4. The molecule has 2 fully saturated rings. The normalized spacial score (nSPS) is 32.5. The van der Waals surface area contributed by atoms with Gasteiger partial charge in [-0.15, -0.1) is 0 Å². The summed E-state index contributed by atoms with van der Waals surface area (Å²) < 4.78 is 43.3. The van der Waals surface area contributed by atoms with Gasteiger partial charge in [-0.2, -0.15) is 0 Å². The van der Waals surface area contributed by atoms with Crippen LogP contribution in [0.1, 0.15) is 60.1 Å². The van der Waals surface area contributed by atoms with Gasteiger partial charge in [0.25, 0.3) is 0 Å². The molecule has 40 heavy (non-hydrogen) atoms. The minimum atomic E-state index is -2.36. The van der Waals surface area contributed by atoms with Gasteiger partial charge in [-0.05, 0) is 67.1 Å². The standard InChI is InChI=1S/C26H45FN5O4PSSi2/c1-15(2)16-9-10-26(6,39)18(11-16)35-37(38)33-12-17-21(36-40(7,8)25(3,4)5)19(27)24(34-17)32-14-31-20-22(28)29-13-30-23(20)32/h13-14,16-19,21,24,37H,1,9-12H2,2-8,39H3,(H2,28,29,30)/t16-,17-,18+,19?,21?,24-,26+/m1/s1. The summed E-state index contributed by atoms with van der Waals surface area (Å²) in [5, 5.41) is 0.00906. The minimum Gasteiger partial charge on any atom is -0.408 e. The largest absolute Gasteiger partial charge is 0.408 e. The minimum absolute atomic E-state index is 0.0360. The van der Waals surface area contributed by atoms with Crippen molar-refractivity contribution >= 4 is 54.5 Å². The number of ether oxygens (including phenoxy) is 1. The molecule has 9 nitrogen and oxygen atoms in total. The lowest BCUT2D eigenvalue weighted by Gasteiger charge is -2.42. The van der Waals surface area contributed by atoms with E-state index in [1.807, 2.05) is 0 Å². The van der Waals surface area contributed by atoms with Crippen LogP contribution in [0.5, 0.6) is 0 Å². The number of imidazole rings is 1. The molecule has 2 aromatic rings. The zero-order valence-electron chi connectivity index (χ0n) is 24.9. The quantitative estimate of drug-likeness (QED) is 0.236. The van der Waals surface area contributed by atoms with Gasteiger partial charge in [-0.1, -0.05) is 39.8 Å². The van der Waals surface area contributed by atoms with Gasteiger partial charge in [0.2, 0.25) is 0 Å². The van der Waals surface area contributed by atoms with Crippen LogP contribution in [0.25, 0.3) is 11.2 Å². The third-order valence-corrected chi connectivity index (χ3v) is 16.1. The van der Waals surface area contributed by atoms with Crippen LogP contribution in [-0.4, -0.2) is 69.2 Å². The average molecular weight is 630 g/mol. The maximum Gasteiger partial charge on any atom is 0.192 e. The Labute approximate surface area is 246 Å². The highest BCUT2D eigenvalue weighted by Gasteiger charge is 2.52. The summed E-state index contributed by atoms with van der Waals surface area (Å²) in [5.41, 5.74) is 7.96. The molecule has 3 unspecified atom stereocenters. The van der Waals surface area contributed by atoms with Gasteiger partial charge < -0.3 is 23.9 Å². The summed E-state index contributed by atoms with van der Waals surface area (Å²) >= 11 is 5.71. The molecule has 8 atom stereocenters. The lowest BCUT2D eigenvalue weighted by Crippen LogP contribution is -2.49. The van der Waals surface area contributed by atoms with Crippen LogP contribution in [0.2, 0.25) is 23.2 Å². The third kappa shape index (κ3) is 6.61. The van der Waals surface area contributed by atoms with Crippen molar-refractivity contribution in [3.8, 4) is 0 Å². The molecular formula is C26H45FN5O4PSSi2. The lowest BCUT2D eigenvalue weighted by molar-refractivity contribution is -0.0407. The molecule has 0 bridgehead atoms. The van der Waals surface area contributed by atoms with Gasteiger partial charge in [-0.25, -0.2) is 19.3 Å². The molecule has 2 aliphatic rings. The van der Waals surface area contributed by atoms with Crippen molar-refractivity contribution in [2.45, 2.75) is 108 Å². The molecule has 1 saturated carbocycles. The Morgan fingerprint density at radius 1 is 1.38 bits per heavy atom. The first-order valence-electron chi connectivity index (χ1n) is 13.9. The van der Waals surface area contributed by atoms with Crippen molar-refractivity contribution in [3.63, 3.8) is 0 Å². The second kappa shape index (κ2) is 11.9. The van der Waals surface area contributed by atoms with Gasteiger partial charge in [0.05, 0.1) is 19.0 Å². The number of allylic oxidation sites excluding steroid dienone is 1. The van der Waals surface area contributed by atoms with Crippen LogP contribution in [0.3, 0.4) is 0 Å². The van der Waals surface area contributed by atoms with Crippen molar-refractivity contribution in [2.24, 2.45) is 5.92 Å². The lowest BCUT2D eigenvalue weighted by atomic mass is 9.77. The molecule has 4 rings (SSSR count). The zero-order chi connectivity index (χ0) is 29.6. The van der Waals surface area contributed by atoms with E-state index in [9.17, 15) is 0 Å². The Morgan fingerprint density at radius 2 is 2.08 bits per heavy atom. The number of hydrogen-bond donors (Lipinski definition) is 1. The number of anilines is 1. The fraction of sp³-hybridized carbons (Fsp3) is 0.731. The highest BCUT2D eigenvalue weighted by molar-refractivity contribution is 8.00. The fourth-order valence-electron chi connectivity index (χ4n) is 5.12. The van der Waals surface area contributed by atoms with E-state index < -0.39 is 40.1 Å². The van der Waals surface area contributed by atoms with Crippen LogP contribution in [0, 0.1) is 5.92 Å². The van der Waals surface area contributed by atoms with E-state index in [1.165, 1.54) is 18.2 Å². The molecule has 0 amide bonds. The van der Waals surface area contributed by atoms with E-state index in [2.05, 4.69) is 69.2 Å². The first kappa shape index (κ1) is 31.9. The summed E-state index contributed by atoms with van der Waals surface area (Å²) in [4.78, 5) is 12.6. The number of aromatic nitrogens is 4. The monoisotopic (exact) mass is 629 g/mol. The number of nitrogen functional groups attached to an aromatic ring is 1. The SMILES string of the molecule is C=C(C)[C@@H]1CC[C@](C)([SiH3])[C@@H](O[PH](=S)OC[C@H]2O[C@@H](n3cnc4c(N)ncnc43)C(F)C2O[Si](C)(C)C(C)(C)C)C1. The molecule has 2 aromatic heterocycles. The summed E-state index contributed by atoms with van der Waals surface area (Å²) in [6, 6.07) is 0. The highest BCUT2D eigenvalue weighted by Crippen LogP contribution is 2.49. The number of hydrogen-bond acceptors (Lipinski definition) is 9. The smallest absolute Gasteiger partial charge is 0.192 e. The fourth-order valence-corrected chi connectivity index (χ4v) is 8.89. The van der Waals surface area contributed by atoms with Crippen LogP contribution >= 0.6 is 7.15 Å². The van der Waals surface area contributed by atoms with E-state index in [0.717, 1.165) is 29.5 Å². The van der Waals surface area contributed by atoms with Crippen molar-refractivity contribution in [1.29, 1.82) is 0 Å². The predicted octanol–water partition coefficient (Wildman–Crippen LogP) is 4.86. The first-order valence-corrected chi connectivity index (χ1v) is 20.3. The van der Waals surface area contributed by atoms with E-state index >= 15 is 4.39 Å². The number of rotatable bonds is 9. The van der Waals surface area contributed by atoms with Crippen molar-refractivity contribution < 1.29 is 22.6 Å². The molecular weight excluding hydrogens is 585 g/mol. The average Bonchev–Trinajstić information content (AvgIpc) is 3.40. The van der Waals surface area contributed by atoms with Crippen LogP contribution < -0.4 is 5.73 Å². The van der Waals surface area contributed by atoms with E-state index in [0.29, 0.717) is 17.1 Å². The maximum atomic E-state index is 16.3. The van der Waals surface area contributed by atoms with Crippen molar-refractivity contribution in [2.75, 3.05) is 12.3 Å². The molecule has 224 valence electrons. The number of alkyl halides is 1. The third-order valence-electron chi connectivity index (χ3n) is 8.97.